The highest BCUT2D eigenvalue weighted by Gasteiger charge is 2.27. The first-order chi connectivity index (χ1) is 15.7. The molecule has 0 fully saturated rings. The van der Waals surface area contributed by atoms with E-state index < -0.39 is 38.0 Å². The van der Waals surface area contributed by atoms with Gasteiger partial charge in [0, 0.05) is 5.56 Å². The Morgan fingerprint density at radius 1 is 1.30 bits per heavy atom. The Kier molecular flexibility index (Phi) is 8.17. The number of aliphatic hydroxyl groups is 1. The Labute approximate surface area is 196 Å². The van der Waals surface area contributed by atoms with Crippen molar-refractivity contribution in [2.45, 2.75) is 37.9 Å². The van der Waals surface area contributed by atoms with Gasteiger partial charge < -0.3 is 14.7 Å². The van der Waals surface area contributed by atoms with E-state index >= 15 is 0 Å². The third kappa shape index (κ3) is 5.95. The van der Waals surface area contributed by atoms with Crippen LogP contribution in [0.3, 0.4) is 0 Å². The average molecular weight is 487 g/mol. The van der Waals surface area contributed by atoms with Gasteiger partial charge in [-0.05, 0) is 41.1 Å². The summed E-state index contributed by atoms with van der Waals surface area (Å²) in [6.45, 7) is 3.79. The maximum atomic E-state index is 13.6. The number of halogens is 1. The van der Waals surface area contributed by atoms with Crippen molar-refractivity contribution >= 4 is 25.3 Å². The summed E-state index contributed by atoms with van der Waals surface area (Å²) in [6.07, 6.45) is 3.10. The van der Waals surface area contributed by atoms with Crippen molar-refractivity contribution < 1.29 is 28.5 Å². The lowest BCUT2D eigenvalue weighted by molar-refractivity contribution is -0.136. The maximum Gasteiger partial charge on any atom is 0.313 e. The number of benzene rings is 1. The van der Waals surface area contributed by atoms with E-state index in [1.54, 1.807) is 18.2 Å². The number of carbonyl (C=O) groups excluding carboxylic acids is 1. The Morgan fingerprint density at radius 2 is 2.00 bits per heavy atom. The number of thiophene rings is 1. The van der Waals surface area contributed by atoms with E-state index in [0.29, 0.717) is 22.5 Å². The largest absolute Gasteiger partial charge is 0.424 e. The van der Waals surface area contributed by atoms with Crippen molar-refractivity contribution in [1.82, 2.24) is 4.98 Å². The Bertz CT molecular complexity index is 1190. The van der Waals surface area contributed by atoms with Gasteiger partial charge in [0.15, 0.2) is 5.75 Å². The summed E-state index contributed by atoms with van der Waals surface area (Å²) in [5.74, 6) is 0.855. The van der Waals surface area contributed by atoms with Crippen LogP contribution in [-0.4, -0.2) is 32.7 Å². The van der Waals surface area contributed by atoms with Gasteiger partial charge in [-0.3, -0.25) is 9.36 Å². The van der Waals surface area contributed by atoms with Crippen LogP contribution in [0.15, 0.2) is 47.8 Å². The second-order valence-corrected chi connectivity index (χ2v) is 9.88. The van der Waals surface area contributed by atoms with Crippen molar-refractivity contribution in [3.05, 3.63) is 59.4 Å². The van der Waals surface area contributed by atoms with Gasteiger partial charge in [0.1, 0.15) is 11.5 Å². The highest BCUT2D eigenvalue weighted by molar-refractivity contribution is 7.39. The number of pyridine rings is 1. The zero-order valence-corrected chi connectivity index (χ0v) is 19.8. The Hall–Kier alpha value is -2.82. The Morgan fingerprint density at radius 3 is 2.55 bits per heavy atom. The summed E-state index contributed by atoms with van der Waals surface area (Å²) in [4.78, 5) is 27.6. The lowest BCUT2D eigenvalue weighted by atomic mass is 9.98. The average Bonchev–Trinajstić information content (AvgIpc) is 3.29. The van der Waals surface area contributed by atoms with Crippen LogP contribution in [0.2, 0.25) is 0 Å². The topological polar surface area (TPSA) is 96.7 Å². The predicted octanol–water partition coefficient (Wildman–Crippen LogP) is 4.86. The zero-order valence-electron chi connectivity index (χ0n) is 18.0. The predicted molar refractivity (Wildman–Crippen MR) is 127 cm³/mol. The van der Waals surface area contributed by atoms with E-state index in [1.165, 1.54) is 23.5 Å². The van der Waals surface area contributed by atoms with E-state index in [4.69, 9.17) is 16.1 Å². The first-order valence-corrected chi connectivity index (χ1v) is 12.4. The molecule has 0 aliphatic rings. The molecule has 0 saturated heterocycles. The first-order valence-electron chi connectivity index (χ1n) is 10.1. The molecule has 0 spiro atoms. The van der Waals surface area contributed by atoms with Gasteiger partial charge in [-0.25, -0.2) is 9.37 Å². The minimum absolute atomic E-state index is 0.135. The van der Waals surface area contributed by atoms with E-state index in [1.807, 2.05) is 37.3 Å². The molecule has 9 heteroatoms. The Balaban J connectivity index is 2.07. The molecule has 172 valence electrons. The molecule has 3 atom stereocenters. The smallest absolute Gasteiger partial charge is 0.313 e. The summed E-state index contributed by atoms with van der Waals surface area (Å²) in [5.41, 5.74) is 0.974. The molecule has 2 aromatic heterocycles. The third-order valence-corrected chi connectivity index (χ3v) is 6.87. The summed E-state index contributed by atoms with van der Waals surface area (Å²) < 4.78 is 30.6. The number of esters is 1. The van der Waals surface area contributed by atoms with Crippen LogP contribution >= 0.6 is 19.4 Å². The number of terminal acetylenes is 1. The first kappa shape index (κ1) is 24.8. The van der Waals surface area contributed by atoms with Crippen LogP contribution in [0, 0.1) is 18.2 Å². The molecule has 0 aliphatic carbocycles. The lowest BCUT2D eigenvalue weighted by Crippen LogP contribution is -2.27. The summed E-state index contributed by atoms with van der Waals surface area (Å²) in [7, 11) is -3.24. The molecule has 0 aliphatic heterocycles. The van der Waals surface area contributed by atoms with Gasteiger partial charge in [0.25, 0.3) is 0 Å². The number of ether oxygens (including phenoxy) is 1. The zero-order chi connectivity index (χ0) is 24.1. The second-order valence-electron chi connectivity index (χ2n) is 7.64. The molecule has 2 heterocycles. The van der Waals surface area contributed by atoms with Gasteiger partial charge >= 0.3 is 5.97 Å². The number of hydrogen-bond donors (Lipinski definition) is 2. The van der Waals surface area contributed by atoms with Crippen LogP contribution < -0.4 is 4.74 Å². The standard InChI is InChI=1S/C24H23FNO5PS/c1-4-20(32(29)30)19(27)13-22(28)31-24-17(15-7-9-16(25)10-8-15)12-18(21-6-5-11-33-21)26-23(24)14(2)3/h1,5-12,14,19-20,27,32H,13H2,2-3H3,(H,29,30). The molecule has 0 bridgehead atoms. The van der Waals surface area contributed by atoms with Crippen molar-refractivity contribution in [3.63, 3.8) is 0 Å². The van der Waals surface area contributed by atoms with Crippen LogP contribution in [0.25, 0.3) is 21.7 Å². The molecule has 6 nitrogen and oxygen atoms in total. The van der Waals surface area contributed by atoms with Crippen LogP contribution in [0.5, 0.6) is 5.75 Å². The van der Waals surface area contributed by atoms with E-state index in [-0.39, 0.29) is 11.7 Å². The minimum Gasteiger partial charge on any atom is -0.424 e. The van der Waals surface area contributed by atoms with Crippen molar-refractivity contribution in [2.24, 2.45) is 0 Å². The fourth-order valence-electron chi connectivity index (χ4n) is 3.24. The fraction of sp³-hybridized carbons (Fsp3) is 0.250. The summed E-state index contributed by atoms with van der Waals surface area (Å²) in [6, 6.07) is 11.4. The molecule has 0 amide bonds. The molecule has 3 aromatic rings. The number of hydrogen-bond acceptors (Lipinski definition) is 6. The lowest BCUT2D eigenvalue weighted by Gasteiger charge is -2.19. The number of aliphatic hydroxyl groups excluding tert-OH is 1. The maximum absolute atomic E-state index is 13.6. The fourth-order valence-corrected chi connectivity index (χ4v) is 4.51. The molecule has 33 heavy (non-hydrogen) atoms. The number of carbonyl (C=O) groups is 1. The molecular weight excluding hydrogens is 464 g/mol. The molecule has 3 rings (SSSR count). The molecule has 2 N–H and O–H groups in total. The SMILES string of the molecule is C#CC(C(O)CC(=O)Oc1c(-c2ccc(F)cc2)cc(-c2cccs2)nc1C(C)C)[PH](=O)O. The number of rotatable bonds is 8. The number of aromatic nitrogens is 1. The summed E-state index contributed by atoms with van der Waals surface area (Å²) >= 11 is 1.51. The van der Waals surface area contributed by atoms with Crippen LogP contribution in [0.1, 0.15) is 31.9 Å². The monoisotopic (exact) mass is 487 g/mol. The quantitative estimate of drug-likeness (QED) is 0.268. The van der Waals surface area contributed by atoms with Gasteiger partial charge in [-0.15, -0.1) is 17.8 Å². The molecule has 0 radical (unpaired) electrons. The van der Waals surface area contributed by atoms with Crippen molar-refractivity contribution in [3.8, 4) is 39.8 Å². The molecular formula is C24H23FNO5PS. The van der Waals surface area contributed by atoms with Crippen LogP contribution in [-0.2, 0) is 9.36 Å². The van der Waals surface area contributed by atoms with Gasteiger partial charge in [-0.1, -0.05) is 38.0 Å². The molecule has 1 aromatic carbocycles. The van der Waals surface area contributed by atoms with E-state index in [0.717, 1.165) is 4.88 Å². The highest BCUT2D eigenvalue weighted by atomic mass is 32.1. The summed E-state index contributed by atoms with van der Waals surface area (Å²) in [5, 5.41) is 12.1. The third-order valence-electron chi connectivity index (χ3n) is 4.90. The van der Waals surface area contributed by atoms with Gasteiger partial charge in [-0.2, -0.15) is 0 Å². The molecule has 0 saturated carbocycles. The molecule has 3 unspecified atom stereocenters. The number of nitrogens with zero attached hydrogens (tertiary/aromatic N) is 1. The highest BCUT2D eigenvalue weighted by Crippen LogP contribution is 2.40. The van der Waals surface area contributed by atoms with Crippen molar-refractivity contribution in [1.29, 1.82) is 0 Å². The normalized spacial score (nSPS) is 13.8. The van der Waals surface area contributed by atoms with Gasteiger partial charge in [0.05, 0.1) is 28.8 Å². The van der Waals surface area contributed by atoms with Crippen molar-refractivity contribution in [2.75, 3.05) is 0 Å². The van der Waals surface area contributed by atoms with Gasteiger partial charge in [0.2, 0.25) is 8.03 Å². The minimum atomic E-state index is -3.24. The van der Waals surface area contributed by atoms with E-state index in [2.05, 4.69) is 0 Å². The van der Waals surface area contributed by atoms with Crippen LogP contribution in [0.4, 0.5) is 4.39 Å². The second kappa shape index (κ2) is 10.9. The van der Waals surface area contributed by atoms with E-state index in [9.17, 15) is 23.7 Å².